The highest BCUT2D eigenvalue weighted by molar-refractivity contribution is 6.14. The summed E-state index contributed by atoms with van der Waals surface area (Å²) in [5.74, 6) is 0.692. The zero-order valence-corrected chi connectivity index (χ0v) is 18.6. The van der Waals surface area contributed by atoms with Gasteiger partial charge in [0.05, 0.1) is 31.9 Å². The minimum atomic E-state index is -0.775. The Morgan fingerprint density at radius 2 is 1.68 bits per heavy atom. The van der Waals surface area contributed by atoms with Crippen LogP contribution >= 0.6 is 0 Å². The molecule has 10 heteroatoms. The Hall–Kier alpha value is -4.60. The van der Waals surface area contributed by atoms with Gasteiger partial charge in [0.1, 0.15) is 17.1 Å². The van der Waals surface area contributed by atoms with Gasteiger partial charge >= 0.3 is 5.69 Å². The van der Waals surface area contributed by atoms with E-state index in [-0.39, 0.29) is 11.3 Å². The number of aromatic amines is 2. The maximum Gasteiger partial charge on any atom is 0.335 e. The summed E-state index contributed by atoms with van der Waals surface area (Å²) in [5.41, 5.74) is 0.400. The third-order valence-corrected chi connectivity index (χ3v) is 5.22. The number of methoxy groups -OCH3 is 2. The molecule has 0 fully saturated rings. The van der Waals surface area contributed by atoms with Gasteiger partial charge < -0.3 is 19.6 Å². The van der Waals surface area contributed by atoms with Gasteiger partial charge in [-0.3, -0.25) is 14.8 Å². The van der Waals surface area contributed by atoms with E-state index in [0.29, 0.717) is 35.7 Å². The normalized spacial score (nSPS) is 11.4. The molecular weight excluding hydrogens is 438 g/mol. The standard InChI is InChI=1S/C24H23N5O5/c1-33-18-7-3-15(4-8-18)21(26-12-11-16-13-25-14-27-16)20-22(30)28-24(32)29(23(20)31)17-5-9-19(34-2)10-6-17/h3-10,13-14,31H,11-12H2,1-2H3,(H,25,27)(H,28,30,32). The Bertz CT molecular complexity index is 1400. The molecule has 174 valence electrons. The second-order valence-corrected chi connectivity index (χ2v) is 7.28. The van der Waals surface area contributed by atoms with Crippen molar-refractivity contribution in [2.75, 3.05) is 20.8 Å². The van der Waals surface area contributed by atoms with Crippen molar-refractivity contribution in [2.45, 2.75) is 6.42 Å². The van der Waals surface area contributed by atoms with Crippen LogP contribution in [0.1, 0.15) is 16.8 Å². The molecule has 34 heavy (non-hydrogen) atoms. The van der Waals surface area contributed by atoms with Gasteiger partial charge in [0.15, 0.2) is 0 Å². The lowest BCUT2D eigenvalue weighted by Crippen LogP contribution is -2.33. The Morgan fingerprint density at radius 1 is 1.03 bits per heavy atom. The zero-order valence-electron chi connectivity index (χ0n) is 18.6. The average Bonchev–Trinajstić information content (AvgIpc) is 3.37. The summed E-state index contributed by atoms with van der Waals surface area (Å²) in [6.07, 6.45) is 3.80. The summed E-state index contributed by atoms with van der Waals surface area (Å²) in [4.78, 5) is 39.4. The monoisotopic (exact) mass is 461 g/mol. The van der Waals surface area contributed by atoms with Gasteiger partial charge in [-0.25, -0.2) is 14.3 Å². The number of nitrogens with zero attached hydrogens (tertiary/aromatic N) is 3. The maximum absolute atomic E-state index is 12.9. The Labute approximate surface area is 194 Å². The first kappa shape index (κ1) is 22.6. The number of nitrogens with one attached hydrogen (secondary N) is 2. The van der Waals surface area contributed by atoms with Crippen molar-refractivity contribution in [1.29, 1.82) is 0 Å². The fraction of sp³-hybridized carbons (Fsp3) is 0.167. The lowest BCUT2D eigenvalue weighted by Gasteiger charge is -2.14. The average molecular weight is 461 g/mol. The molecule has 0 aliphatic rings. The largest absolute Gasteiger partial charge is 0.497 e. The van der Waals surface area contributed by atoms with E-state index in [1.54, 1.807) is 68.2 Å². The number of imidazole rings is 1. The van der Waals surface area contributed by atoms with Crippen molar-refractivity contribution in [3.63, 3.8) is 0 Å². The van der Waals surface area contributed by atoms with Crippen LogP contribution in [0.4, 0.5) is 0 Å². The van der Waals surface area contributed by atoms with E-state index in [0.717, 1.165) is 10.3 Å². The van der Waals surface area contributed by atoms with Crippen LogP contribution in [-0.4, -0.2) is 51.1 Å². The Morgan fingerprint density at radius 3 is 2.26 bits per heavy atom. The zero-order chi connectivity index (χ0) is 24.1. The van der Waals surface area contributed by atoms with Gasteiger partial charge in [0.2, 0.25) is 5.88 Å². The van der Waals surface area contributed by atoms with Crippen LogP contribution in [0.5, 0.6) is 17.4 Å². The van der Waals surface area contributed by atoms with Crippen LogP contribution in [0.25, 0.3) is 5.69 Å². The first-order valence-corrected chi connectivity index (χ1v) is 10.4. The summed E-state index contributed by atoms with van der Waals surface area (Å²) in [5, 5.41) is 11.1. The molecule has 3 N–H and O–H groups in total. The third-order valence-electron chi connectivity index (χ3n) is 5.22. The molecule has 0 atom stereocenters. The van der Waals surface area contributed by atoms with Crippen LogP contribution in [0.3, 0.4) is 0 Å². The number of ether oxygens (including phenoxy) is 2. The maximum atomic E-state index is 12.9. The van der Waals surface area contributed by atoms with Gasteiger partial charge in [-0.05, 0) is 48.5 Å². The topological polar surface area (TPSA) is 135 Å². The number of aromatic nitrogens is 4. The van der Waals surface area contributed by atoms with E-state index < -0.39 is 17.1 Å². The number of benzene rings is 2. The predicted octanol–water partition coefficient (Wildman–Crippen LogP) is 2.05. The molecule has 4 rings (SSSR count). The number of aromatic hydroxyl groups is 1. The molecule has 0 unspecified atom stereocenters. The van der Waals surface area contributed by atoms with E-state index in [1.807, 2.05) is 0 Å². The number of hydrogen-bond donors (Lipinski definition) is 3. The first-order chi connectivity index (χ1) is 16.5. The van der Waals surface area contributed by atoms with Crippen molar-refractivity contribution in [3.8, 4) is 23.1 Å². The quantitative estimate of drug-likeness (QED) is 0.344. The molecule has 0 spiro atoms. The smallest absolute Gasteiger partial charge is 0.335 e. The predicted molar refractivity (Wildman–Crippen MR) is 127 cm³/mol. The summed E-state index contributed by atoms with van der Waals surface area (Å²) in [6, 6.07) is 13.4. The van der Waals surface area contributed by atoms with Gasteiger partial charge in [0, 0.05) is 30.4 Å². The second kappa shape index (κ2) is 9.90. The molecule has 2 aromatic carbocycles. The molecule has 0 saturated heterocycles. The summed E-state index contributed by atoms with van der Waals surface area (Å²) < 4.78 is 11.4. The number of hydrogen-bond acceptors (Lipinski definition) is 7. The van der Waals surface area contributed by atoms with E-state index in [4.69, 9.17) is 9.47 Å². The van der Waals surface area contributed by atoms with Crippen molar-refractivity contribution >= 4 is 5.71 Å². The second-order valence-electron chi connectivity index (χ2n) is 7.28. The molecule has 2 heterocycles. The molecule has 0 aliphatic heterocycles. The van der Waals surface area contributed by atoms with Crippen LogP contribution in [0.2, 0.25) is 0 Å². The lowest BCUT2D eigenvalue weighted by molar-refractivity contribution is 0.414. The molecule has 0 aliphatic carbocycles. The van der Waals surface area contributed by atoms with Crippen molar-refractivity contribution in [3.05, 3.63) is 98.7 Å². The number of aliphatic imine (C=N–C) groups is 1. The van der Waals surface area contributed by atoms with Crippen LogP contribution in [-0.2, 0) is 6.42 Å². The lowest BCUT2D eigenvalue weighted by atomic mass is 10.0. The molecular formula is C24H23N5O5. The van der Waals surface area contributed by atoms with E-state index in [2.05, 4.69) is 19.9 Å². The SMILES string of the molecule is COc1ccc(C(=NCCc2cnc[nH]2)c2c(O)n(-c3ccc(OC)cc3)c(=O)[nH]c2=O)cc1. The molecule has 0 amide bonds. The molecule has 10 nitrogen and oxygen atoms in total. The molecule has 0 bridgehead atoms. The summed E-state index contributed by atoms with van der Waals surface area (Å²) in [6.45, 7) is 0.310. The fourth-order valence-corrected chi connectivity index (χ4v) is 3.48. The van der Waals surface area contributed by atoms with Gasteiger partial charge in [0.25, 0.3) is 5.56 Å². The van der Waals surface area contributed by atoms with Crippen molar-refractivity contribution < 1.29 is 14.6 Å². The third kappa shape index (κ3) is 4.60. The molecule has 2 aromatic heterocycles. The van der Waals surface area contributed by atoms with Crippen molar-refractivity contribution in [1.82, 2.24) is 19.5 Å². The first-order valence-electron chi connectivity index (χ1n) is 10.4. The van der Waals surface area contributed by atoms with E-state index >= 15 is 0 Å². The highest BCUT2D eigenvalue weighted by atomic mass is 16.5. The summed E-state index contributed by atoms with van der Waals surface area (Å²) in [7, 11) is 3.08. The van der Waals surface area contributed by atoms with Gasteiger partial charge in [-0.1, -0.05) is 0 Å². The number of H-pyrrole nitrogens is 2. The Kier molecular flexibility index (Phi) is 6.58. The van der Waals surface area contributed by atoms with Crippen LogP contribution in [0, 0.1) is 0 Å². The van der Waals surface area contributed by atoms with Gasteiger partial charge in [-0.15, -0.1) is 0 Å². The highest BCUT2D eigenvalue weighted by Gasteiger charge is 2.22. The van der Waals surface area contributed by atoms with Crippen LogP contribution in [0.15, 0.2) is 75.6 Å². The Balaban J connectivity index is 1.85. The molecule has 4 aromatic rings. The molecule has 0 saturated carbocycles. The summed E-state index contributed by atoms with van der Waals surface area (Å²) >= 11 is 0. The number of rotatable bonds is 8. The minimum Gasteiger partial charge on any atom is -0.497 e. The van der Waals surface area contributed by atoms with Gasteiger partial charge in [-0.2, -0.15) is 0 Å². The van der Waals surface area contributed by atoms with Crippen molar-refractivity contribution in [2.24, 2.45) is 4.99 Å². The molecule has 0 radical (unpaired) electrons. The minimum absolute atomic E-state index is 0.120. The highest BCUT2D eigenvalue weighted by Crippen LogP contribution is 2.23. The van der Waals surface area contributed by atoms with Crippen LogP contribution < -0.4 is 20.7 Å². The fourth-order valence-electron chi connectivity index (χ4n) is 3.48. The van der Waals surface area contributed by atoms with E-state index in [9.17, 15) is 14.7 Å². The van der Waals surface area contributed by atoms with E-state index in [1.165, 1.54) is 7.11 Å².